The van der Waals surface area contributed by atoms with Crippen LogP contribution < -0.4 is 10.0 Å². The standard InChI is InChI=1S/C20H30ClOP/c1-22-18-13-8-14-19(15-18)23-20(21,16-9-4-2-5-10-16)17-11-6-3-7-12-17/h8,13-17,23H,2-7,9-12H2,1H3. The summed E-state index contributed by atoms with van der Waals surface area (Å²) < 4.78 is 5.40. The number of benzene rings is 1. The maximum absolute atomic E-state index is 7.50. The van der Waals surface area contributed by atoms with Crippen molar-refractivity contribution in [3.63, 3.8) is 0 Å². The van der Waals surface area contributed by atoms with Gasteiger partial charge in [0.25, 0.3) is 0 Å². The molecule has 128 valence electrons. The summed E-state index contributed by atoms with van der Waals surface area (Å²) in [6, 6.07) is 8.58. The molecule has 1 unspecified atom stereocenters. The molecule has 1 aromatic carbocycles. The molecule has 3 heteroatoms. The lowest BCUT2D eigenvalue weighted by Gasteiger charge is -2.45. The highest BCUT2D eigenvalue weighted by atomic mass is 35.5. The Bertz CT molecular complexity index is 474. The molecule has 2 saturated carbocycles. The number of methoxy groups -OCH3 is 1. The Balaban J connectivity index is 1.83. The second kappa shape index (κ2) is 8.21. The van der Waals surface area contributed by atoms with Gasteiger partial charge in [-0.2, -0.15) is 0 Å². The molecule has 0 bridgehead atoms. The molecule has 2 fully saturated rings. The van der Waals surface area contributed by atoms with Gasteiger partial charge in [0.05, 0.1) is 11.7 Å². The summed E-state index contributed by atoms with van der Waals surface area (Å²) >= 11 is 7.50. The van der Waals surface area contributed by atoms with Crippen LogP contribution >= 0.6 is 20.2 Å². The van der Waals surface area contributed by atoms with E-state index in [-0.39, 0.29) is 4.62 Å². The van der Waals surface area contributed by atoms with E-state index in [4.69, 9.17) is 16.3 Å². The van der Waals surface area contributed by atoms with E-state index in [2.05, 4.69) is 18.2 Å². The largest absolute Gasteiger partial charge is 0.497 e. The Labute approximate surface area is 148 Å². The SMILES string of the molecule is COc1cccc(PC(Cl)(C2CCCCC2)C2CCCCC2)c1. The highest BCUT2D eigenvalue weighted by Crippen LogP contribution is 2.56. The first-order valence-electron chi connectivity index (χ1n) is 9.33. The minimum absolute atomic E-state index is 0.0206. The molecule has 2 aliphatic carbocycles. The van der Waals surface area contributed by atoms with Crippen molar-refractivity contribution in [2.75, 3.05) is 7.11 Å². The van der Waals surface area contributed by atoms with E-state index in [0.717, 1.165) is 5.75 Å². The van der Waals surface area contributed by atoms with Gasteiger partial charge in [-0.15, -0.1) is 11.6 Å². The number of halogens is 1. The van der Waals surface area contributed by atoms with Crippen molar-refractivity contribution in [3.8, 4) is 5.75 Å². The third kappa shape index (κ3) is 4.23. The van der Waals surface area contributed by atoms with Crippen molar-refractivity contribution in [2.24, 2.45) is 11.8 Å². The average molecular weight is 353 g/mol. The molecule has 0 amide bonds. The summed E-state index contributed by atoms with van der Waals surface area (Å²) in [6.45, 7) is 0. The molecule has 0 heterocycles. The first-order valence-corrected chi connectivity index (χ1v) is 10.7. The fraction of sp³-hybridized carbons (Fsp3) is 0.700. The quantitative estimate of drug-likeness (QED) is 0.460. The number of hydrogen-bond donors (Lipinski definition) is 0. The average Bonchev–Trinajstić information content (AvgIpc) is 2.63. The van der Waals surface area contributed by atoms with Crippen LogP contribution in [0.4, 0.5) is 0 Å². The lowest BCUT2D eigenvalue weighted by molar-refractivity contribution is 0.229. The Hall–Kier alpha value is -0.260. The topological polar surface area (TPSA) is 9.23 Å². The molecule has 0 aromatic heterocycles. The van der Waals surface area contributed by atoms with Crippen LogP contribution in [0, 0.1) is 11.8 Å². The predicted molar refractivity (Wildman–Crippen MR) is 103 cm³/mol. The van der Waals surface area contributed by atoms with Gasteiger partial charge in [0.2, 0.25) is 0 Å². The van der Waals surface area contributed by atoms with Crippen molar-refractivity contribution in [1.29, 1.82) is 0 Å². The molecular formula is C20H30ClOP. The van der Waals surface area contributed by atoms with Gasteiger partial charge < -0.3 is 4.74 Å². The van der Waals surface area contributed by atoms with E-state index in [1.807, 2.05) is 6.07 Å². The Morgan fingerprint density at radius 2 is 1.52 bits per heavy atom. The lowest BCUT2D eigenvalue weighted by atomic mass is 9.76. The lowest BCUT2D eigenvalue weighted by Crippen LogP contribution is -2.39. The van der Waals surface area contributed by atoms with E-state index in [0.29, 0.717) is 20.4 Å². The highest BCUT2D eigenvalue weighted by Gasteiger charge is 2.44. The minimum atomic E-state index is -0.0206. The minimum Gasteiger partial charge on any atom is -0.497 e. The van der Waals surface area contributed by atoms with Gasteiger partial charge in [0, 0.05) is 0 Å². The summed E-state index contributed by atoms with van der Waals surface area (Å²) in [6.07, 6.45) is 13.6. The second-order valence-corrected chi connectivity index (χ2v) is 9.89. The van der Waals surface area contributed by atoms with Crippen LogP contribution in [0.2, 0.25) is 0 Å². The Kier molecular flexibility index (Phi) is 6.27. The van der Waals surface area contributed by atoms with Crippen LogP contribution in [-0.2, 0) is 0 Å². The molecule has 23 heavy (non-hydrogen) atoms. The molecular weight excluding hydrogens is 323 g/mol. The van der Waals surface area contributed by atoms with E-state index < -0.39 is 0 Å². The smallest absolute Gasteiger partial charge is 0.119 e. The molecule has 1 aromatic rings. The summed E-state index contributed by atoms with van der Waals surface area (Å²) in [7, 11) is 2.44. The van der Waals surface area contributed by atoms with Crippen molar-refractivity contribution in [3.05, 3.63) is 24.3 Å². The van der Waals surface area contributed by atoms with Crippen LogP contribution in [-0.4, -0.2) is 11.7 Å². The van der Waals surface area contributed by atoms with Gasteiger partial charge in [-0.05, 0) is 55.0 Å². The fourth-order valence-corrected chi connectivity index (χ4v) is 7.09. The van der Waals surface area contributed by atoms with E-state index in [1.54, 1.807) is 7.11 Å². The number of alkyl halides is 1. The van der Waals surface area contributed by atoms with E-state index in [9.17, 15) is 0 Å². The molecule has 1 nitrogen and oxygen atoms in total. The summed E-state index contributed by atoms with van der Waals surface area (Å²) in [4.78, 5) is 0. The first kappa shape index (κ1) is 17.6. The molecule has 1 atom stereocenters. The van der Waals surface area contributed by atoms with Crippen LogP contribution in [0.1, 0.15) is 64.2 Å². The molecule has 0 aliphatic heterocycles. The van der Waals surface area contributed by atoms with Crippen LogP contribution in [0.25, 0.3) is 0 Å². The van der Waals surface area contributed by atoms with Gasteiger partial charge >= 0.3 is 0 Å². The fourth-order valence-electron chi connectivity index (χ4n) is 4.50. The molecule has 0 N–H and O–H groups in total. The van der Waals surface area contributed by atoms with Crippen molar-refractivity contribution >= 4 is 25.5 Å². The zero-order valence-corrected chi connectivity index (χ0v) is 16.1. The maximum atomic E-state index is 7.50. The van der Waals surface area contributed by atoms with Crippen molar-refractivity contribution in [1.82, 2.24) is 0 Å². The Morgan fingerprint density at radius 1 is 0.957 bits per heavy atom. The molecule has 2 aliphatic rings. The van der Waals surface area contributed by atoms with Gasteiger partial charge in [0.1, 0.15) is 5.75 Å². The van der Waals surface area contributed by atoms with Crippen molar-refractivity contribution < 1.29 is 4.74 Å². The van der Waals surface area contributed by atoms with E-state index >= 15 is 0 Å². The highest BCUT2D eigenvalue weighted by molar-refractivity contribution is 7.51. The predicted octanol–water partition coefficient (Wildman–Crippen LogP) is 6.09. The molecule has 0 spiro atoms. The van der Waals surface area contributed by atoms with Crippen molar-refractivity contribution in [2.45, 2.75) is 68.8 Å². The monoisotopic (exact) mass is 352 g/mol. The summed E-state index contributed by atoms with van der Waals surface area (Å²) in [5.41, 5.74) is 0. The van der Waals surface area contributed by atoms with Crippen LogP contribution in [0.5, 0.6) is 5.75 Å². The van der Waals surface area contributed by atoms with Gasteiger partial charge in [-0.3, -0.25) is 0 Å². The van der Waals surface area contributed by atoms with Crippen LogP contribution in [0.15, 0.2) is 24.3 Å². The Morgan fingerprint density at radius 3 is 2.04 bits per heavy atom. The van der Waals surface area contributed by atoms with Gasteiger partial charge in [-0.25, -0.2) is 0 Å². The number of rotatable bonds is 5. The summed E-state index contributed by atoms with van der Waals surface area (Å²) in [5, 5.41) is 1.37. The van der Waals surface area contributed by atoms with Gasteiger partial charge in [0.15, 0.2) is 0 Å². The number of hydrogen-bond acceptors (Lipinski definition) is 1. The first-order chi connectivity index (χ1) is 11.2. The number of ether oxygens (including phenoxy) is 1. The third-order valence-corrected chi connectivity index (χ3v) is 8.50. The van der Waals surface area contributed by atoms with E-state index in [1.165, 1.54) is 69.5 Å². The molecule has 3 rings (SSSR count). The van der Waals surface area contributed by atoms with Gasteiger partial charge in [-0.1, -0.05) is 59.2 Å². The third-order valence-electron chi connectivity index (χ3n) is 5.80. The molecule has 0 saturated heterocycles. The summed E-state index contributed by atoms with van der Waals surface area (Å²) in [5.74, 6) is 2.36. The second-order valence-electron chi connectivity index (χ2n) is 7.29. The zero-order chi connectivity index (χ0) is 16.1. The normalized spacial score (nSPS) is 21.8. The zero-order valence-electron chi connectivity index (χ0n) is 14.3. The van der Waals surface area contributed by atoms with Crippen LogP contribution in [0.3, 0.4) is 0 Å². The molecule has 0 radical (unpaired) electrons. The maximum Gasteiger partial charge on any atom is 0.119 e.